The Labute approximate surface area is 150 Å². The molecule has 0 bridgehead atoms. The molecule has 3 aromatic rings. The third kappa shape index (κ3) is 3.88. The van der Waals surface area contributed by atoms with Gasteiger partial charge in [0, 0.05) is 31.2 Å². The summed E-state index contributed by atoms with van der Waals surface area (Å²) < 4.78 is 11.0. The van der Waals surface area contributed by atoms with Gasteiger partial charge in [0.05, 0.1) is 24.3 Å². The molecule has 0 saturated heterocycles. The first kappa shape index (κ1) is 17.2. The topological polar surface area (TPSA) is 68.5 Å². The molecule has 0 spiro atoms. The third-order valence-electron chi connectivity index (χ3n) is 3.55. The van der Waals surface area contributed by atoms with Gasteiger partial charge in [-0.1, -0.05) is 0 Å². The van der Waals surface area contributed by atoms with Crippen molar-refractivity contribution in [3.8, 4) is 22.8 Å². The van der Waals surface area contributed by atoms with E-state index in [1.807, 2.05) is 48.0 Å². The van der Waals surface area contributed by atoms with Gasteiger partial charge in [0.25, 0.3) is 0 Å². The van der Waals surface area contributed by atoms with Gasteiger partial charge in [0.1, 0.15) is 5.82 Å². The van der Waals surface area contributed by atoms with Crippen LogP contribution in [0.3, 0.4) is 0 Å². The molecule has 3 aromatic heterocycles. The number of ether oxygens (including phenoxy) is 1. The van der Waals surface area contributed by atoms with Crippen molar-refractivity contribution < 1.29 is 13.9 Å². The zero-order valence-corrected chi connectivity index (χ0v) is 15.2. The first-order valence-electron chi connectivity index (χ1n) is 7.90. The molecule has 0 amide bonds. The minimum absolute atomic E-state index is 0.0751. The van der Waals surface area contributed by atoms with Gasteiger partial charge in [-0.2, -0.15) is 11.3 Å². The summed E-state index contributed by atoms with van der Waals surface area (Å²) in [4.78, 5) is 22.7. The maximum absolute atomic E-state index is 11.9. The fourth-order valence-corrected chi connectivity index (χ4v) is 2.98. The van der Waals surface area contributed by atoms with Crippen LogP contribution < -0.4 is 4.90 Å². The highest BCUT2D eigenvalue weighted by Crippen LogP contribution is 2.31. The Morgan fingerprint density at radius 1 is 1.28 bits per heavy atom. The van der Waals surface area contributed by atoms with Gasteiger partial charge in [-0.25, -0.2) is 9.97 Å². The Bertz CT molecular complexity index is 839. The number of esters is 1. The SMILES string of the molecule is CCOC(=O)Cc1nc(-c2ccc(N(C)C)nc2)oc1-c1ccsc1. The average Bonchev–Trinajstić information content (AvgIpc) is 3.24. The number of rotatable bonds is 6. The molecule has 0 unspecified atom stereocenters. The van der Waals surface area contributed by atoms with Crippen LogP contribution in [0, 0.1) is 0 Å². The summed E-state index contributed by atoms with van der Waals surface area (Å²) in [5.74, 6) is 1.57. The number of nitrogens with zero attached hydrogens (tertiary/aromatic N) is 3. The Morgan fingerprint density at radius 3 is 2.72 bits per heavy atom. The van der Waals surface area contributed by atoms with Crippen LogP contribution in [-0.4, -0.2) is 36.6 Å². The predicted molar refractivity (Wildman–Crippen MR) is 97.7 cm³/mol. The second kappa shape index (κ2) is 7.48. The van der Waals surface area contributed by atoms with E-state index in [0.29, 0.717) is 24.0 Å². The van der Waals surface area contributed by atoms with Crippen molar-refractivity contribution in [2.75, 3.05) is 25.6 Å². The maximum atomic E-state index is 11.9. The van der Waals surface area contributed by atoms with Gasteiger partial charge < -0.3 is 14.1 Å². The van der Waals surface area contributed by atoms with Gasteiger partial charge >= 0.3 is 5.97 Å². The molecule has 6 nitrogen and oxygen atoms in total. The normalized spacial score (nSPS) is 10.7. The highest BCUT2D eigenvalue weighted by molar-refractivity contribution is 7.08. The number of thiophene rings is 1. The van der Waals surface area contributed by atoms with Gasteiger partial charge in [-0.3, -0.25) is 4.79 Å². The predicted octanol–water partition coefficient (Wildman–Crippen LogP) is 3.64. The maximum Gasteiger partial charge on any atom is 0.312 e. The zero-order chi connectivity index (χ0) is 17.8. The second-order valence-corrected chi connectivity index (χ2v) is 6.37. The highest BCUT2D eigenvalue weighted by Gasteiger charge is 2.20. The van der Waals surface area contributed by atoms with E-state index >= 15 is 0 Å². The van der Waals surface area contributed by atoms with E-state index in [0.717, 1.165) is 16.9 Å². The number of pyridine rings is 1. The number of oxazole rings is 1. The lowest BCUT2D eigenvalue weighted by molar-refractivity contribution is -0.142. The van der Waals surface area contributed by atoms with Crippen molar-refractivity contribution in [2.45, 2.75) is 13.3 Å². The van der Waals surface area contributed by atoms with Crippen molar-refractivity contribution in [2.24, 2.45) is 0 Å². The number of carbonyl (C=O) groups is 1. The van der Waals surface area contributed by atoms with Crippen LogP contribution in [0.25, 0.3) is 22.8 Å². The van der Waals surface area contributed by atoms with Crippen LogP contribution in [0.15, 0.2) is 39.6 Å². The average molecular weight is 357 g/mol. The van der Waals surface area contributed by atoms with E-state index in [2.05, 4.69) is 9.97 Å². The Hall–Kier alpha value is -2.67. The number of carbonyl (C=O) groups excluding carboxylic acids is 1. The van der Waals surface area contributed by atoms with Gasteiger partial charge in [-0.15, -0.1) is 0 Å². The molecule has 3 rings (SSSR count). The van der Waals surface area contributed by atoms with Gasteiger partial charge in [-0.05, 0) is 30.5 Å². The van der Waals surface area contributed by atoms with Gasteiger partial charge in [0.2, 0.25) is 5.89 Å². The lowest BCUT2D eigenvalue weighted by Gasteiger charge is -2.10. The molecule has 0 aliphatic heterocycles. The van der Waals surface area contributed by atoms with Gasteiger partial charge in [0.15, 0.2) is 5.76 Å². The molecular weight excluding hydrogens is 338 g/mol. The van der Waals surface area contributed by atoms with E-state index < -0.39 is 0 Å². The van der Waals surface area contributed by atoms with Crippen LogP contribution in [0.5, 0.6) is 0 Å². The quantitative estimate of drug-likeness (QED) is 0.628. The Balaban J connectivity index is 1.96. The molecule has 0 aromatic carbocycles. The summed E-state index contributed by atoms with van der Waals surface area (Å²) in [6.45, 7) is 2.12. The third-order valence-corrected chi connectivity index (χ3v) is 4.23. The molecule has 0 fully saturated rings. The molecule has 7 heteroatoms. The molecule has 25 heavy (non-hydrogen) atoms. The summed E-state index contributed by atoms with van der Waals surface area (Å²) in [5.41, 5.74) is 2.24. The molecule has 0 aliphatic rings. The number of anilines is 1. The van der Waals surface area contributed by atoms with E-state index in [4.69, 9.17) is 9.15 Å². The first-order valence-corrected chi connectivity index (χ1v) is 8.84. The van der Waals surface area contributed by atoms with Crippen LogP contribution >= 0.6 is 11.3 Å². The van der Waals surface area contributed by atoms with E-state index in [9.17, 15) is 4.79 Å². The first-order chi connectivity index (χ1) is 12.1. The van der Waals surface area contributed by atoms with Crippen molar-refractivity contribution in [1.82, 2.24) is 9.97 Å². The summed E-state index contributed by atoms with van der Waals surface area (Å²) in [6.07, 6.45) is 1.79. The molecule has 130 valence electrons. The standard InChI is InChI=1S/C18H19N3O3S/c1-4-23-16(22)9-14-17(13-7-8-25-11-13)24-18(20-14)12-5-6-15(19-10-12)21(2)3/h5-8,10-11H,4,9H2,1-3H3. The number of hydrogen-bond donors (Lipinski definition) is 0. The fourth-order valence-electron chi connectivity index (χ4n) is 2.34. The van der Waals surface area contributed by atoms with Crippen LogP contribution in [0.2, 0.25) is 0 Å². The molecule has 0 aliphatic carbocycles. The van der Waals surface area contributed by atoms with Crippen molar-refractivity contribution in [3.63, 3.8) is 0 Å². The zero-order valence-electron chi connectivity index (χ0n) is 14.4. The summed E-state index contributed by atoms with van der Waals surface area (Å²) in [7, 11) is 3.86. The van der Waals surface area contributed by atoms with E-state index in [1.54, 1.807) is 24.5 Å². The molecule has 0 radical (unpaired) electrons. The van der Waals surface area contributed by atoms with Crippen molar-refractivity contribution in [1.29, 1.82) is 0 Å². The lowest BCUT2D eigenvalue weighted by atomic mass is 10.2. The van der Waals surface area contributed by atoms with Crippen molar-refractivity contribution in [3.05, 3.63) is 40.8 Å². The molecule has 0 saturated carbocycles. The van der Waals surface area contributed by atoms with E-state index in [-0.39, 0.29) is 12.4 Å². The minimum atomic E-state index is -0.320. The van der Waals surface area contributed by atoms with Crippen molar-refractivity contribution >= 4 is 23.1 Å². The number of aromatic nitrogens is 2. The fraction of sp³-hybridized carbons (Fsp3) is 0.278. The minimum Gasteiger partial charge on any atom is -0.466 e. The van der Waals surface area contributed by atoms with Crippen LogP contribution in [0.4, 0.5) is 5.82 Å². The second-order valence-electron chi connectivity index (χ2n) is 5.59. The van der Waals surface area contributed by atoms with E-state index in [1.165, 1.54) is 0 Å². The molecular formula is C18H19N3O3S. The molecule has 0 N–H and O–H groups in total. The largest absolute Gasteiger partial charge is 0.466 e. The lowest BCUT2D eigenvalue weighted by Crippen LogP contribution is -2.10. The summed E-state index contributed by atoms with van der Waals surface area (Å²) in [5, 5.41) is 3.92. The van der Waals surface area contributed by atoms with Crippen LogP contribution in [0.1, 0.15) is 12.6 Å². The smallest absolute Gasteiger partial charge is 0.312 e. The monoisotopic (exact) mass is 357 g/mol. The summed E-state index contributed by atoms with van der Waals surface area (Å²) in [6, 6.07) is 5.74. The molecule has 0 atom stereocenters. The Kier molecular flexibility index (Phi) is 5.14. The Morgan fingerprint density at radius 2 is 2.12 bits per heavy atom. The number of hydrogen-bond acceptors (Lipinski definition) is 7. The molecule has 3 heterocycles. The highest BCUT2D eigenvalue weighted by atomic mass is 32.1. The van der Waals surface area contributed by atoms with Crippen LogP contribution in [-0.2, 0) is 16.0 Å². The summed E-state index contributed by atoms with van der Waals surface area (Å²) >= 11 is 1.56.